The fraction of sp³-hybridized carbons (Fsp3) is 0.222. The van der Waals surface area contributed by atoms with Crippen LogP contribution in [0.2, 0.25) is 0 Å². The topological polar surface area (TPSA) is 102 Å². The molecule has 2 aromatic rings. The van der Waals surface area contributed by atoms with E-state index in [1.807, 2.05) is 0 Å². The van der Waals surface area contributed by atoms with Crippen molar-refractivity contribution < 1.29 is 22.7 Å². The molecule has 0 saturated heterocycles. The predicted molar refractivity (Wildman–Crippen MR) is 98.1 cm³/mol. The fourth-order valence-corrected chi connectivity index (χ4v) is 3.34. The normalized spacial score (nSPS) is 16.2. The van der Waals surface area contributed by atoms with E-state index in [1.165, 1.54) is 0 Å². The van der Waals surface area contributed by atoms with Crippen molar-refractivity contribution in [1.29, 1.82) is 0 Å². The van der Waals surface area contributed by atoms with Gasteiger partial charge in [-0.2, -0.15) is 0 Å². The van der Waals surface area contributed by atoms with Gasteiger partial charge >= 0.3 is 0 Å². The van der Waals surface area contributed by atoms with Crippen molar-refractivity contribution >= 4 is 33.0 Å². The monoisotopic (exact) mass is 374 g/mol. The first-order valence-corrected chi connectivity index (χ1v) is 9.97. The standard InChI is InChI=1S/C18H18N2O5S/c1-11-17(21)20-15-9-14(7-8-16(15)25-11)19-18(22)13-5-3-12(4-6-13)10-26(2,23)24/h3-9,11H,10H2,1-2H3,(H,19,22)(H,20,21)/t11-/m0/s1. The van der Waals surface area contributed by atoms with Crippen LogP contribution in [-0.4, -0.2) is 32.6 Å². The zero-order valence-corrected chi connectivity index (χ0v) is 15.1. The summed E-state index contributed by atoms with van der Waals surface area (Å²) in [4.78, 5) is 24.0. The highest BCUT2D eigenvalue weighted by Gasteiger charge is 2.23. The average Bonchev–Trinajstić information content (AvgIpc) is 2.55. The minimum absolute atomic E-state index is 0.0716. The maximum absolute atomic E-state index is 12.3. The quantitative estimate of drug-likeness (QED) is 0.854. The maximum Gasteiger partial charge on any atom is 0.265 e. The number of carbonyl (C=O) groups excluding carboxylic acids is 2. The van der Waals surface area contributed by atoms with Crippen molar-refractivity contribution in [3.63, 3.8) is 0 Å². The molecule has 0 bridgehead atoms. The smallest absolute Gasteiger partial charge is 0.265 e. The molecule has 0 saturated carbocycles. The third-order valence-electron chi connectivity index (χ3n) is 3.81. The lowest BCUT2D eigenvalue weighted by Gasteiger charge is -2.23. The van der Waals surface area contributed by atoms with Crippen molar-refractivity contribution in [1.82, 2.24) is 0 Å². The molecule has 1 atom stereocenters. The van der Waals surface area contributed by atoms with E-state index < -0.39 is 15.9 Å². The average molecular weight is 374 g/mol. The minimum atomic E-state index is -3.12. The SMILES string of the molecule is C[C@@H]1Oc2ccc(NC(=O)c3ccc(CS(C)(=O)=O)cc3)cc2NC1=O. The first-order chi connectivity index (χ1) is 12.2. The van der Waals surface area contributed by atoms with E-state index in [9.17, 15) is 18.0 Å². The van der Waals surface area contributed by atoms with E-state index in [0.29, 0.717) is 28.3 Å². The first kappa shape index (κ1) is 17.9. The van der Waals surface area contributed by atoms with Gasteiger partial charge in [-0.15, -0.1) is 0 Å². The molecule has 3 rings (SSSR count). The van der Waals surface area contributed by atoms with Crippen molar-refractivity contribution in [2.24, 2.45) is 0 Å². The number of hydrogen-bond acceptors (Lipinski definition) is 5. The Morgan fingerprint density at radius 2 is 1.88 bits per heavy atom. The van der Waals surface area contributed by atoms with Gasteiger partial charge in [0.25, 0.3) is 11.8 Å². The van der Waals surface area contributed by atoms with Gasteiger partial charge in [0.1, 0.15) is 5.75 Å². The van der Waals surface area contributed by atoms with E-state index >= 15 is 0 Å². The van der Waals surface area contributed by atoms with Gasteiger partial charge in [-0.1, -0.05) is 12.1 Å². The zero-order chi connectivity index (χ0) is 18.9. The number of nitrogens with one attached hydrogen (secondary N) is 2. The second-order valence-corrected chi connectivity index (χ2v) is 8.32. The number of sulfone groups is 1. The molecule has 0 fully saturated rings. The van der Waals surface area contributed by atoms with Gasteiger partial charge in [-0.3, -0.25) is 9.59 Å². The molecule has 8 heteroatoms. The zero-order valence-electron chi connectivity index (χ0n) is 14.3. The van der Waals surface area contributed by atoms with Crippen molar-refractivity contribution in [2.45, 2.75) is 18.8 Å². The Bertz CT molecular complexity index is 968. The summed E-state index contributed by atoms with van der Waals surface area (Å²) in [5, 5.41) is 5.46. The van der Waals surface area contributed by atoms with Gasteiger partial charge < -0.3 is 15.4 Å². The molecular weight excluding hydrogens is 356 g/mol. The van der Waals surface area contributed by atoms with Gasteiger partial charge in [-0.05, 0) is 42.8 Å². The fourth-order valence-electron chi connectivity index (χ4n) is 2.54. The number of hydrogen-bond donors (Lipinski definition) is 2. The highest BCUT2D eigenvalue weighted by Crippen LogP contribution is 2.32. The third-order valence-corrected chi connectivity index (χ3v) is 4.67. The Balaban J connectivity index is 1.72. The Hall–Kier alpha value is -2.87. The second kappa shape index (κ2) is 6.80. The van der Waals surface area contributed by atoms with E-state index in [-0.39, 0.29) is 17.6 Å². The van der Waals surface area contributed by atoms with Crippen LogP contribution < -0.4 is 15.4 Å². The van der Waals surface area contributed by atoms with Crippen molar-refractivity contribution in [3.8, 4) is 5.75 Å². The number of carbonyl (C=O) groups is 2. The molecule has 2 aromatic carbocycles. The lowest BCUT2D eigenvalue weighted by Crippen LogP contribution is -2.34. The lowest BCUT2D eigenvalue weighted by molar-refractivity contribution is -0.122. The molecule has 1 aliphatic heterocycles. The summed E-state index contributed by atoms with van der Waals surface area (Å²) >= 11 is 0. The summed E-state index contributed by atoms with van der Waals surface area (Å²) in [6, 6.07) is 11.3. The lowest BCUT2D eigenvalue weighted by atomic mass is 10.1. The van der Waals surface area contributed by atoms with Gasteiger partial charge in [0.2, 0.25) is 0 Å². The molecule has 2 N–H and O–H groups in total. The van der Waals surface area contributed by atoms with Crippen LogP contribution in [0, 0.1) is 0 Å². The Labute approximate surface area is 151 Å². The summed E-state index contributed by atoms with van der Waals surface area (Å²) in [5.41, 5.74) is 2.02. The number of anilines is 2. The molecule has 1 heterocycles. The molecule has 0 radical (unpaired) electrons. The summed E-state index contributed by atoms with van der Waals surface area (Å²) in [6.07, 6.45) is 0.598. The summed E-state index contributed by atoms with van der Waals surface area (Å²) < 4.78 is 28.1. The minimum Gasteiger partial charge on any atom is -0.479 e. The number of rotatable bonds is 4. The Morgan fingerprint density at radius 3 is 2.54 bits per heavy atom. The van der Waals surface area contributed by atoms with Crippen LogP contribution in [0.1, 0.15) is 22.8 Å². The summed E-state index contributed by atoms with van der Waals surface area (Å²) in [6.45, 7) is 1.65. The molecule has 1 aliphatic rings. The van der Waals surface area contributed by atoms with Crippen molar-refractivity contribution in [2.75, 3.05) is 16.9 Å². The summed E-state index contributed by atoms with van der Waals surface area (Å²) in [5.74, 6) is -0.118. The van der Waals surface area contributed by atoms with Crippen LogP contribution in [-0.2, 0) is 20.4 Å². The molecule has 26 heavy (non-hydrogen) atoms. The number of fused-ring (bicyclic) bond motifs is 1. The van der Waals surface area contributed by atoms with Crippen LogP contribution in [0.5, 0.6) is 5.75 Å². The van der Waals surface area contributed by atoms with E-state index in [4.69, 9.17) is 4.74 Å². The molecule has 136 valence electrons. The molecule has 0 unspecified atom stereocenters. The summed E-state index contributed by atoms with van der Waals surface area (Å²) in [7, 11) is -3.12. The van der Waals surface area contributed by atoms with Crippen LogP contribution in [0.25, 0.3) is 0 Å². The van der Waals surface area contributed by atoms with Gasteiger partial charge in [-0.25, -0.2) is 8.42 Å². The number of benzene rings is 2. The Morgan fingerprint density at radius 1 is 1.19 bits per heavy atom. The van der Waals surface area contributed by atoms with Crippen LogP contribution in [0.15, 0.2) is 42.5 Å². The molecule has 0 aromatic heterocycles. The van der Waals surface area contributed by atoms with Gasteiger partial charge in [0, 0.05) is 17.5 Å². The molecule has 2 amide bonds. The molecule has 7 nitrogen and oxygen atoms in total. The van der Waals surface area contributed by atoms with E-state index in [1.54, 1.807) is 49.4 Å². The predicted octanol–water partition coefficient (Wildman–Crippen LogP) is 2.20. The molecular formula is C18H18N2O5S. The molecule has 0 spiro atoms. The maximum atomic E-state index is 12.3. The second-order valence-electron chi connectivity index (χ2n) is 6.18. The van der Waals surface area contributed by atoms with Crippen LogP contribution in [0.4, 0.5) is 11.4 Å². The highest BCUT2D eigenvalue weighted by molar-refractivity contribution is 7.89. The molecule has 0 aliphatic carbocycles. The van der Waals surface area contributed by atoms with Gasteiger partial charge in [0.05, 0.1) is 11.4 Å². The van der Waals surface area contributed by atoms with Gasteiger partial charge in [0.15, 0.2) is 15.9 Å². The van der Waals surface area contributed by atoms with E-state index in [0.717, 1.165) is 6.26 Å². The van der Waals surface area contributed by atoms with Crippen LogP contribution >= 0.6 is 0 Å². The number of amides is 2. The largest absolute Gasteiger partial charge is 0.479 e. The third kappa shape index (κ3) is 4.20. The Kier molecular flexibility index (Phi) is 4.69. The van der Waals surface area contributed by atoms with E-state index in [2.05, 4.69) is 10.6 Å². The first-order valence-electron chi connectivity index (χ1n) is 7.91. The van der Waals surface area contributed by atoms with Crippen molar-refractivity contribution in [3.05, 3.63) is 53.6 Å². The highest BCUT2D eigenvalue weighted by atomic mass is 32.2. The number of ether oxygens (including phenoxy) is 1. The van der Waals surface area contributed by atoms with Crippen LogP contribution in [0.3, 0.4) is 0 Å².